The minimum absolute atomic E-state index is 0.171. The number of primary amides is 1. The largest absolute Gasteiger partial charge is 0.494 e. The van der Waals surface area contributed by atoms with Crippen LogP contribution in [0.15, 0.2) is 41.5 Å². The third kappa shape index (κ3) is 3.23. The number of hydrogen-bond donors (Lipinski definition) is 1. The lowest BCUT2D eigenvalue weighted by atomic mass is 10.1. The van der Waals surface area contributed by atoms with Gasteiger partial charge < -0.3 is 10.5 Å². The van der Waals surface area contributed by atoms with Crippen LogP contribution in [0.25, 0.3) is 11.3 Å². The Hall–Kier alpha value is -2.63. The fraction of sp³-hybridized carbons (Fsp3) is 0.214. The molecule has 0 saturated carbocycles. The normalized spacial score (nSPS) is 10.2. The zero-order valence-electron chi connectivity index (χ0n) is 11.1. The van der Waals surface area contributed by atoms with Crippen molar-refractivity contribution in [1.29, 1.82) is 0 Å². The molecule has 1 aromatic carbocycles. The van der Waals surface area contributed by atoms with E-state index in [0.717, 1.165) is 11.3 Å². The molecular weight excluding hydrogens is 258 g/mol. The Morgan fingerprint density at radius 3 is 2.60 bits per heavy atom. The molecule has 0 bridgehead atoms. The fourth-order valence-electron chi connectivity index (χ4n) is 1.76. The molecule has 20 heavy (non-hydrogen) atoms. The summed E-state index contributed by atoms with van der Waals surface area (Å²) in [5.41, 5.74) is 6.07. The van der Waals surface area contributed by atoms with Gasteiger partial charge in [0.25, 0.3) is 5.56 Å². The molecule has 2 rings (SSSR count). The molecule has 0 fully saturated rings. The predicted molar refractivity (Wildman–Crippen MR) is 74.3 cm³/mol. The molecule has 0 atom stereocenters. The van der Waals surface area contributed by atoms with Crippen molar-refractivity contribution in [2.75, 3.05) is 6.61 Å². The van der Waals surface area contributed by atoms with Crippen LogP contribution >= 0.6 is 0 Å². The fourth-order valence-corrected chi connectivity index (χ4v) is 1.76. The van der Waals surface area contributed by atoms with Crippen molar-refractivity contribution in [2.24, 2.45) is 5.73 Å². The quantitative estimate of drug-likeness (QED) is 0.872. The minimum Gasteiger partial charge on any atom is -0.494 e. The van der Waals surface area contributed by atoms with E-state index >= 15 is 0 Å². The maximum absolute atomic E-state index is 11.8. The number of ether oxygens (including phenoxy) is 1. The topological polar surface area (TPSA) is 87.2 Å². The molecule has 0 unspecified atom stereocenters. The number of hydrogen-bond acceptors (Lipinski definition) is 4. The second-order valence-corrected chi connectivity index (χ2v) is 4.16. The lowest BCUT2D eigenvalue weighted by Crippen LogP contribution is -2.27. The molecule has 104 valence electrons. The van der Waals surface area contributed by atoms with Gasteiger partial charge in [0.05, 0.1) is 18.6 Å². The van der Waals surface area contributed by atoms with Crippen LogP contribution in [0.5, 0.6) is 5.75 Å². The highest BCUT2D eigenvalue weighted by Gasteiger charge is 2.05. The standard InChI is InChI=1S/C14H15N3O3/c1-2-20-11-5-3-10(4-6-11)12-7-14(19)17(9-16-12)8-13(15)18/h3-7,9H,2,8H2,1H3,(H2,15,18). The summed E-state index contributed by atoms with van der Waals surface area (Å²) in [5.74, 6) is 0.182. The summed E-state index contributed by atoms with van der Waals surface area (Å²) in [5, 5.41) is 0. The van der Waals surface area contributed by atoms with Gasteiger partial charge in [-0.15, -0.1) is 0 Å². The van der Waals surface area contributed by atoms with E-state index in [9.17, 15) is 9.59 Å². The molecule has 1 amide bonds. The summed E-state index contributed by atoms with van der Waals surface area (Å²) in [6.45, 7) is 2.34. The molecule has 2 N–H and O–H groups in total. The van der Waals surface area contributed by atoms with Crippen LogP contribution in [0.1, 0.15) is 6.92 Å². The van der Waals surface area contributed by atoms with E-state index in [1.807, 2.05) is 31.2 Å². The second-order valence-electron chi connectivity index (χ2n) is 4.16. The predicted octanol–water partition coefficient (Wildman–Crippen LogP) is 0.794. The van der Waals surface area contributed by atoms with E-state index in [2.05, 4.69) is 4.98 Å². The first kappa shape index (κ1) is 13.8. The molecule has 2 aromatic rings. The second kappa shape index (κ2) is 6.01. The first-order chi connectivity index (χ1) is 9.60. The Morgan fingerprint density at radius 2 is 2.05 bits per heavy atom. The summed E-state index contributed by atoms with van der Waals surface area (Å²) in [4.78, 5) is 26.8. The van der Waals surface area contributed by atoms with Crippen LogP contribution in [-0.2, 0) is 11.3 Å². The van der Waals surface area contributed by atoms with Crippen molar-refractivity contribution >= 4 is 5.91 Å². The first-order valence-electron chi connectivity index (χ1n) is 6.18. The minimum atomic E-state index is -0.581. The molecule has 0 radical (unpaired) electrons. The number of carbonyl (C=O) groups excluding carboxylic acids is 1. The molecule has 0 saturated heterocycles. The molecule has 1 heterocycles. The third-order valence-corrected chi connectivity index (χ3v) is 2.67. The van der Waals surface area contributed by atoms with Crippen molar-refractivity contribution in [3.05, 3.63) is 47.0 Å². The van der Waals surface area contributed by atoms with Gasteiger partial charge >= 0.3 is 0 Å². The molecule has 6 nitrogen and oxygen atoms in total. The summed E-state index contributed by atoms with van der Waals surface area (Å²) in [7, 11) is 0. The highest BCUT2D eigenvalue weighted by atomic mass is 16.5. The number of nitrogens with two attached hydrogens (primary N) is 1. The number of carbonyl (C=O) groups is 1. The van der Waals surface area contributed by atoms with Crippen molar-refractivity contribution in [3.8, 4) is 17.0 Å². The highest BCUT2D eigenvalue weighted by molar-refractivity contribution is 5.73. The summed E-state index contributed by atoms with van der Waals surface area (Å²) in [6, 6.07) is 8.65. The molecule has 0 aliphatic heterocycles. The molecule has 0 spiro atoms. The summed E-state index contributed by atoms with van der Waals surface area (Å²) >= 11 is 0. The van der Waals surface area contributed by atoms with Gasteiger partial charge in [-0.3, -0.25) is 14.2 Å². The Kier molecular flexibility index (Phi) is 4.14. The van der Waals surface area contributed by atoms with Crippen LogP contribution in [0.2, 0.25) is 0 Å². The van der Waals surface area contributed by atoms with E-state index < -0.39 is 5.91 Å². The van der Waals surface area contributed by atoms with Gasteiger partial charge in [0.2, 0.25) is 5.91 Å². The van der Waals surface area contributed by atoms with Crippen molar-refractivity contribution in [3.63, 3.8) is 0 Å². The third-order valence-electron chi connectivity index (χ3n) is 2.67. The van der Waals surface area contributed by atoms with Gasteiger partial charge in [-0.2, -0.15) is 0 Å². The SMILES string of the molecule is CCOc1ccc(-c2cc(=O)n(CC(N)=O)cn2)cc1. The number of amides is 1. The van der Waals surface area contributed by atoms with Crippen molar-refractivity contribution in [1.82, 2.24) is 9.55 Å². The van der Waals surface area contributed by atoms with Gasteiger partial charge in [-0.1, -0.05) is 0 Å². The van der Waals surface area contributed by atoms with E-state index in [4.69, 9.17) is 10.5 Å². The Labute approximate surface area is 115 Å². The average Bonchev–Trinajstić information content (AvgIpc) is 2.42. The van der Waals surface area contributed by atoms with Crippen LogP contribution < -0.4 is 16.0 Å². The highest BCUT2D eigenvalue weighted by Crippen LogP contribution is 2.19. The van der Waals surface area contributed by atoms with Crippen LogP contribution in [0, 0.1) is 0 Å². The molecule has 0 aliphatic carbocycles. The lowest BCUT2D eigenvalue weighted by Gasteiger charge is -2.06. The van der Waals surface area contributed by atoms with Gasteiger partial charge in [0, 0.05) is 11.6 Å². The van der Waals surface area contributed by atoms with E-state index in [0.29, 0.717) is 12.3 Å². The van der Waals surface area contributed by atoms with E-state index in [-0.39, 0.29) is 12.1 Å². The zero-order valence-corrected chi connectivity index (χ0v) is 11.1. The first-order valence-corrected chi connectivity index (χ1v) is 6.18. The van der Waals surface area contributed by atoms with Crippen LogP contribution in [0.3, 0.4) is 0 Å². The monoisotopic (exact) mass is 273 g/mol. The van der Waals surface area contributed by atoms with Crippen molar-refractivity contribution < 1.29 is 9.53 Å². The number of benzene rings is 1. The maximum atomic E-state index is 11.8. The lowest BCUT2D eigenvalue weighted by molar-refractivity contribution is -0.118. The zero-order chi connectivity index (χ0) is 14.5. The Balaban J connectivity index is 2.27. The molecular formula is C14H15N3O3. The molecule has 1 aromatic heterocycles. The van der Waals surface area contributed by atoms with Gasteiger partial charge in [0.15, 0.2) is 0 Å². The van der Waals surface area contributed by atoms with Crippen LogP contribution in [0.4, 0.5) is 0 Å². The summed E-state index contributed by atoms with van der Waals surface area (Å²) in [6.07, 6.45) is 1.32. The van der Waals surface area contributed by atoms with Gasteiger partial charge in [-0.05, 0) is 31.2 Å². The maximum Gasteiger partial charge on any atom is 0.254 e. The summed E-state index contributed by atoms with van der Waals surface area (Å²) < 4.78 is 6.51. The molecule has 6 heteroatoms. The van der Waals surface area contributed by atoms with E-state index in [1.165, 1.54) is 17.0 Å². The number of aromatic nitrogens is 2. The number of nitrogens with zero attached hydrogens (tertiary/aromatic N) is 2. The van der Waals surface area contributed by atoms with Gasteiger partial charge in [0.1, 0.15) is 12.3 Å². The van der Waals surface area contributed by atoms with Gasteiger partial charge in [-0.25, -0.2) is 4.98 Å². The Bertz CT molecular complexity index is 662. The number of rotatable bonds is 5. The van der Waals surface area contributed by atoms with E-state index in [1.54, 1.807) is 0 Å². The van der Waals surface area contributed by atoms with Crippen molar-refractivity contribution in [2.45, 2.75) is 13.5 Å². The van der Waals surface area contributed by atoms with Crippen LogP contribution in [-0.4, -0.2) is 22.1 Å². The average molecular weight is 273 g/mol. The Morgan fingerprint density at radius 1 is 1.35 bits per heavy atom. The molecule has 0 aliphatic rings. The smallest absolute Gasteiger partial charge is 0.254 e.